The number of hydrogen-bond donors (Lipinski definition) is 1. The highest BCUT2D eigenvalue weighted by molar-refractivity contribution is 5.41. The first kappa shape index (κ1) is 12.1. The van der Waals surface area contributed by atoms with E-state index in [4.69, 9.17) is 15.7 Å². The maximum Gasteiger partial charge on any atom is 0.237 e. The van der Waals surface area contributed by atoms with Crippen LogP contribution in [-0.2, 0) is 6.54 Å². The Morgan fingerprint density at radius 2 is 2.17 bits per heavy atom. The lowest BCUT2D eigenvalue weighted by atomic mass is 10.2. The van der Waals surface area contributed by atoms with Crippen molar-refractivity contribution in [3.63, 3.8) is 0 Å². The Balaban J connectivity index is 2.33. The minimum absolute atomic E-state index is 0.326. The third-order valence-corrected chi connectivity index (χ3v) is 2.47. The predicted molar refractivity (Wildman–Crippen MR) is 68.1 cm³/mol. The number of nitriles is 1. The molecule has 0 bridgehead atoms. The van der Waals surface area contributed by atoms with E-state index in [0.29, 0.717) is 23.7 Å². The number of aromatic nitrogens is 1. The van der Waals surface area contributed by atoms with E-state index >= 15 is 0 Å². The topological polar surface area (TPSA) is 71.9 Å². The molecule has 1 aromatic heterocycles. The molecule has 1 aromatic carbocycles. The average molecular weight is 239 g/mol. The van der Waals surface area contributed by atoms with Crippen molar-refractivity contribution in [3.05, 3.63) is 53.2 Å². The third kappa shape index (κ3) is 2.65. The second-order valence-corrected chi connectivity index (χ2v) is 3.87. The Kier molecular flexibility index (Phi) is 3.56. The number of nitrogens with zero attached hydrogens (tertiary/aromatic N) is 2. The highest BCUT2D eigenvalue weighted by atomic mass is 16.5. The molecule has 0 radical (unpaired) electrons. The SMILES string of the molecule is Cc1ccc(C#N)c(Oc2cccc(CN)c2)n1. The smallest absolute Gasteiger partial charge is 0.237 e. The fourth-order valence-electron chi connectivity index (χ4n) is 1.54. The molecule has 0 unspecified atom stereocenters. The van der Waals surface area contributed by atoms with Crippen LogP contribution in [0.5, 0.6) is 11.6 Å². The third-order valence-electron chi connectivity index (χ3n) is 2.47. The van der Waals surface area contributed by atoms with Gasteiger partial charge in [-0.05, 0) is 36.8 Å². The fraction of sp³-hybridized carbons (Fsp3) is 0.143. The maximum absolute atomic E-state index is 9.00. The average Bonchev–Trinajstić information content (AvgIpc) is 2.39. The van der Waals surface area contributed by atoms with Crippen molar-refractivity contribution in [1.82, 2.24) is 4.98 Å². The molecular weight excluding hydrogens is 226 g/mol. The highest BCUT2D eigenvalue weighted by Gasteiger charge is 2.07. The Morgan fingerprint density at radius 1 is 1.33 bits per heavy atom. The number of benzene rings is 1. The molecule has 0 saturated carbocycles. The van der Waals surface area contributed by atoms with Gasteiger partial charge >= 0.3 is 0 Å². The number of pyridine rings is 1. The summed E-state index contributed by atoms with van der Waals surface area (Å²) in [7, 11) is 0. The van der Waals surface area contributed by atoms with Gasteiger partial charge in [0.25, 0.3) is 0 Å². The summed E-state index contributed by atoms with van der Waals surface area (Å²) in [6, 6.07) is 13.0. The molecule has 2 rings (SSSR count). The molecule has 0 spiro atoms. The summed E-state index contributed by atoms with van der Waals surface area (Å²) in [6.45, 7) is 2.30. The molecule has 0 amide bonds. The van der Waals surface area contributed by atoms with Gasteiger partial charge in [0.1, 0.15) is 17.4 Å². The van der Waals surface area contributed by atoms with Crippen LogP contribution < -0.4 is 10.5 Å². The standard InChI is InChI=1S/C14H13N3O/c1-10-5-6-12(9-16)14(17-10)18-13-4-2-3-11(7-13)8-15/h2-7H,8,15H2,1H3. The zero-order chi connectivity index (χ0) is 13.0. The van der Waals surface area contributed by atoms with Gasteiger partial charge in [0.05, 0.1) is 0 Å². The molecule has 4 nitrogen and oxygen atoms in total. The molecule has 0 aliphatic carbocycles. The minimum Gasteiger partial charge on any atom is -0.438 e. The van der Waals surface area contributed by atoms with Crippen LogP contribution in [0.25, 0.3) is 0 Å². The van der Waals surface area contributed by atoms with E-state index in [-0.39, 0.29) is 0 Å². The lowest BCUT2D eigenvalue weighted by Gasteiger charge is -2.08. The minimum atomic E-state index is 0.326. The fourth-order valence-corrected chi connectivity index (χ4v) is 1.54. The van der Waals surface area contributed by atoms with Gasteiger partial charge in [-0.15, -0.1) is 0 Å². The van der Waals surface area contributed by atoms with Crippen LogP contribution in [0.15, 0.2) is 36.4 Å². The van der Waals surface area contributed by atoms with Crippen molar-refractivity contribution >= 4 is 0 Å². The van der Waals surface area contributed by atoms with Crippen molar-refractivity contribution in [3.8, 4) is 17.7 Å². The predicted octanol–water partition coefficient (Wildman–Crippen LogP) is 2.51. The lowest BCUT2D eigenvalue weighted by molar-refractivity contribution is 0.459. The first-order valence-electron chi connectivity index (χ1n) is 5.57. The van der Waals surface area contributed by atoms with E-state index in [1.54, 1.807) is 12.1 Å². The Bertz CT molecular complexity index is 602. The maximum atomic E-state index is 9.00. The second-order valence-electron chi connectivity index (χ2n) is 3.87. The number of aryl methyl sites for hydroxylation is 1. The van der Waals surface area contributed by atoms with Gasteiger partial charge in [0.2, 0.25) is 5.88 Å². The van der Waals surface area contributed by atoms with Crippen molar-refractivity contribution in [2.75, 3.05) is 0 Å². The molecule has 4 heteroatoms. The largest absolute Gasteiger partial charge is 0.438 e. The quantitative estimate of drug-likeness (QED) is 0.893. The van der Waals surface area contributed by atoms with Crippen LogP contribution in [0.1, 0.15) is 16.8 Å². The Labute approximate surface area is 106 Å². The molecule has 2 N–H and O–H groups in total. The van der Waals surface area contributed by atoms with E-state index in [0.717, 1.165) is 11.3 Å². The van der Waals surface area contributed by atoms with E-state index in [1.165, 1.54) is 0 Å². The van der Waals surface area contributed by atoms with Gasteiger partial charge in [0, 0.05) is 12.2 Å². The van der Waals surface area contributed by atoms with Crippen LogP contribution >= 0.6 is 0 Å². The van der Waals surface area contributed by atoms with Crippen LogP contribution in [0.2, 0.25) is 0 Å². The van der Waals surface area contributed by atoms with Crippen LogP contribution in [-0.4, -0.2) is 4.98 Å². The van der Waals surface area contributed by atoms with Crippen molar-refractivity contribution in [2.24, 2.45) is 5.73 Å². The molecule has 18 heavy (non-hydrogen) atoms. The van der Waals surface area contributed by atoms with Crippen LogP contribution in [0.4, 0.5) is 0 Å². The molecule has 90 valence electrons. The summed E-state index contributed by atoms with van der Waals surface area (Å²) in [6.07, 6.45) is 0. The summed E-state index contributed by atoms with van der Waals surface area (Å²) < 4.78 is 5.63. The summed E-state index contributed by atoms with van der Waals surface area (Å²) in [5.74, 6) is 0.958. The van der Waals surface area contributed by atoms with Crippen molar-refractivity contribution < 1.29 is 4.74 Å². The lowest BCUT2D eigenvalue weighted by Crippen LogP contribution is -1.97. The van der Waals surface area contributed by atoms with Gasteiger partial charge in [0.15, 0.2) is 0 Å². The van der Waals surface area contributed by atoms with Gasteiger partial charge in [-0.3, -0.25) is 0 Å². The van der Waals surface area contributed by atoms with Crippen LogP contribution in [0, 0.1) is 18.3 Å². The first-order valence-corrected chi connectivity index (χ1v) is 5.57. The normalized spacial score (nSPS) is 9.83. The zero-order valence-electron chi connectivity index (χ0n) is 10.1. The Morgan fingerprint density at radius 3 is 2.89 bits per heavy atom. The van der Waals surface area contributed by atoms with Crippen LogP contribution in [0.3, 0.4) is 0 Å². The molecule has 0 atom stereocenters. The summed E-state index contributed by atoms with van der Waals surface area (Å²) in [5, 5.41) is 9.00. The van der Waals surface area contributed by atoms with Gasteiger partial charge in [-0.1, -0.05) is 12.1 Å². The van der Waals surface area contributed by atoms with E-state index in [1.807, 2.05) is 31.2 Å². The molecular formula is C14H13N3O. The highest BCUT2D eigenvalue weighted by Crippen LogP contribution is 2.23. The molecule has 2 aromatic rings. The first-order chi connectivity index (χ1) is 8.72. The van der Waals surface area contributed by atoms with E-state index < -0.39 is 0 Å². The van der Waals surface area contributed by atoms with Gasteiger partial charge < -0.3 is 10.5 Å². The summed E-state index contributed by atoms with van der Waals surface area (Å²) in [5.41, 5.74) is 7.76. The molecule has 0 aliphatic heterocycles. The second kappa shape index (κ2) is 5.30. The number of hydrogen-bond acceptors (Lipinski definition) is 4. The van der Waals surface area contributed by atoms with Crippen molar-refractivity contribution in [1.29, 1.82) is 5.26 Å². The molecule has 0 saturated heterocycles. The zero-order valence-corrected chi connectivity index (χ0v) is 10.1. The molecule has 0 aliphatic rings. The molecule has 1 heterocycles. The van der Waals surface area contributed by atoms with Gasteiger partial charge in [-0.2, -0.15) is 5.26 Å². The van der Waals surface area contributed by atoms with E-state index in [9.17, 15) is 0 Å². The Hall–Kier alpha value is -2.38. The number of rotatable bonds is 3. The number of nitrogens with two attached hydrogens (primary N) is 1. The van der Waals surface area contributed by atoms with E-state index in [2.05, 4.69) is 11.1 Å². The summed E-state index contributed by atoms with van der Waals surface area (Å²) >= 11 is 0. The van der Waals surface area contributed by atoms with Crippen molar-refractivity contribution in [2.45, 2.75) is 13.5 Å². The monoisotopic (exact) mass is 239 g/mol. The number of ether oxygens (including phenoxy) is 1. The molecule has 0 fully saturated rings. The van der Waals surface area contributed by atoms with Gasteiger partial charge in [-0.25, -0.2) is 4.98 Å². The summed E-state index contributed by atoms with van der Waals surface area (Å²) in [4.78, 5) is 4.22.